The summed E-state index contributed by atoms with van der Waals surface area (Å²) >= 11 is 0. The van der Waals surface area contributed by atoms with Gasteiger partial charge in [0.2, 0.25) is 5.82 Å². The maximum absolute atomic E-state index is 12.6. The van der Waals surface area contributed by atoms with E-state index < -0.39 is 0 Å². The normalized spacial score (nSPS) is 13.6. The number of aliphatic hydroxyl groups is 1. The molecular weight excluding hydrogens is 328 g/mol. The molecule has 132 valence electrons. The van der Waals surface area contributed by atoms with Crippen molar-refractivity contribution < 1.29 is 9.90 Å². The van der Waals surface area contributed by atoms with E-state index in [2.05, 4.69) is 15.4 Å². The highest BCUT2D eigenvalue weighted by Gasteiger charge is 2.31. The van der Waals surface area contributed by atoms with Crippen LogP contribution in [0.4, 0.5) is 5.69 Å². The van der Waals surface area contributed by atoms with Gasteiger partial charge in [0.25, 0.3) is 5.91 Å². The fraction of sp³-hybridized carbons (Fsp3) is 0.250. The minimum absolute atomic E-state index is 0.108. The van der Waals surface area contributed by atoms with Gasteiger partial charge in [-0.05, 0) is 49.1 Å². The van der Waals surface area contributed by atoms with Crippen LogP contribution in [0.2, 0.25) is 0 Å². The predicted octanol–water partition coefficient (Wildman–Crippen LogP) is 2.93. The Bertz CT molecular complexity index is 899. The minimum atomic E-state index is -0.323. The quantitative estimate of drug-likeness (QED) is 0.718. The van der Waals surface area contributed by atoms with Gasteiger partial charge in [-0.15, -0.1) is 5.10 Å². The number of para-hydroxylation sites is 1. The zero-order valence-electron chi connectivity index (χ0n) is 14.3. The first kappa shape index (κ1) is 16.5. The van der Waals surface area contributed by atoms with Crippen LogP contribution in [-0.4, -0.2) is 32.4 Å². The number of carbonyl (C=O) groups is 1. The van der Waals surface area contributed by atoms with Gasteiger partial charge in [-0.2, -0.15) is 0 Å². The summed E-state index contributed by atoms with van der Waals surface area (Å²) in [6.45, 7) is 0.108. The molecule has 1 aromatic heterocycles. The van der Waals surface area contributed by atoms with E-state index in [1.807, 2.05) is 54.6 Å². The van der Waals surface area contributed by atoms with E-state index in [0.29, 0.717) is 18.0 Å². The van der Waals surface area contributed by atoms with E-state index >= 15 is 0 Å². The van der Waals surface area contributed by atoms with Crippen LogP contribution in [0.5, 0.6) is 0 Å². The van der Waals surface area contributed by atoms with Crippen LogP contribution in [0, 0.1) is 0 Å². The maximum atomic E-state index is 12.6. The second-order valence-electron chi connectivity index (χ2n) is 6.44. The number of nitrogens with one attached hydrogen (secondary N) is 1. The number of rotatable bonds is 6. The summed E-state index contributed by atoms with van der Waals surface area (Å²) in [7, 11) is 0. The number of aliphatic hydroxyl groups excluding tert-OH is 1. The molecule has 0 atom stereocenters. The molecule has 0 aliphatic heterocycles. The molecule has 1 heterocycles. The topological polar surface area (TPSA) is 80.0 Å². The molecule has 0 unspecified atom stereocenters. The molecule has 1 fully saturated rings. The molecular formula is C20H20N4O2. The maximum Gasteiger partial charge on any atom is 0.295 e. The van der Waals surface area contributed by atoms with Crippen molar-refractivity contribution in [1.82, 2.24) is 14.8 Å². The lowest BCUT2D eigenvalue weighted by Crippen LogP contribution is -2.14. The molecule has 3 aromatic rings. The highest BCUT2D eigenvalue weighted by atomic mass is 16.3. The van der Waals surface area contributed by atoms with E-state index in [9.17, 15) is 4.79 Å². The summed E-state index contributed by atoms with van der Waals surface area (Å²) in [6, 6.07) is 17.2. The smallest absolute Gasteiger partial charge is 0.295 e. The van der Waals surface area contributed by atoms with E-state index in [1.54, 1.807) is 4.68 Å². The number of hydrogen-bond acceptors (Lipinski definition) is 4. The van der Waals surface area contributed by atoms with E-state index in [4.69, 9.17) is 5.11 Å². The first-order chi connectivity index (χ1) is 12.7. The molecule has 0 spiro atoms. The van der Waals surface area contributed by atoms with Gasteiger partial charge in [-0.1, -0.05) is 30.3 Å². The Balaban J connectivity index is 1.56. The van der Waals surface area contributed by atoms with Gasteiger partial charge < -0.3 is 10.4 Å². The molecule has 4 rings (SSSR count). The highest BCUT2D eigenvalue weighted by molar-refractivity contribution is 6.01. The van der Waals surface area contributed by atoms with Gasteiger partial charge in [0.05, 0.1) is 5.69 Å². The number of nitrogens with zero attached hydrogens (tertiary/aromatic N) is 3. The molecule has 6 nitrogen and oxygen atoms in total. The van der Waals surface area contributed by atoms with Crippen molar-refractivity contribution in [1.29, 1.82) is 0 Å². The summed E-state index contributed by atoms with van der Waals surface area (Å²) in [5.74, 6) is 1.08. The van der Waals surface area contributed by atoms with E-state index in [0.717, 1.165) is 29.9 Å². The standard InChI is InChI=1S/C20H20N4O2/c25-13-12-14-6-10-16(11-7-14)21-20(26)18-22-19(15-8-9-15)24(23-18)17-4-2-1-3-5-17/h1-7,10-11,15,25H,8-9,12-13H2,(H,21,26). The summed E-state index contributed by atoms with van der Waals surface area (Å²) in [5.41, 5.74) is 2.61. The molecule has 1 aliphatic carbocycles. The van der Waals surface area contributed by atoms with E-state index in [1.165, 1.54) is 0 Å². The number of amides is 1. The van der Waals surface area contributed by atoms with Crippen LogP contribution >= 0.6 is 0 Å². The summed E-state index contributed by atoms with van der Waals surface area (Å²) in [4.78, 5) is 17.1. The molecule has 1 aliphatic rings. The zero-order chi connectivity index (χ0) is 17.9. The zero-order valence-corrected chi connectivity index (χ0v) is 14.3. The van der Waals surface area contributed by atoms with Gasteiger partial charge in [0.15, 0.2) is 0 Å². The van der Waals surface area contributed by atoms with Crippen LogP contribution in [-0.2, 0) is 6.42 Å². The van der Waals surface area contributed by atoms with Gasteiger partial charge in [0.1, 0.15) is 5.82 Å². The lowest BCUT2D eigenvalue weighted by atomic mass is 10.1. The largest absolute Gasteiger partial charge is 0.396 e. The number of aromatic nitrogens is 3. The predicted molar refractivity (Wildman–Crippen MR) is 98.5 cm³/mol. The van der Waals surface area contributed by atoms with Crippen molar-refractivity contribution >= 4 is 11.6 Å². The monoisotopic (exact) mass is 348 g/mol. The Kier molecular flexibility index (Phi) is 4.50. The number of benzene rings is 2. The SMILES string of the molecule is O=C(Nc1ccc(CCO)cc1)c1nc(C2CC2)n(-c2ccccc2)n1. The summed E-state index contributed by atoms with van der Waals surface area (Å²) in [6.07, 6.45) is 2.76. The van der Waals surface area contributed by atoms with Gasteiger partial charge in [-0.3, -0.25) is 4.79 Å². The van der Waals surface area contributed by atoms with E-state index in [-0.39, 0.29) is 18.3 Å². The minimum Gasteiger partial charge on any atom is -0.396 e. The number of carbonyl (C=O) groups excluding carboxylic acids is 1. The van der Waals surface area contributed by atoms with Crippen LogP contribution in [0.15, 0.2) is 54.6 Å². The van der Waals surface area contributed by atoms with Crippen molar-refractivity contribution in [2.45, 2.75) is 25.2 Å². The third-order valence-electron chi connectivity index (χ3n) is 4.39. The molecule has 6 heteroatoms. The van der Waals surface area contributed by atoms with Gasteiger partial charge in [0, 0.05) is 18.2 Å². The highest BCUT2D eigenvalue weighted by Crippen LogP contribution is 2.39. The van der Waals surface area contributed by atoms with Gasteiger partial charge >= 0.3 is 0 Å². The van der Waals surface area contributed by atoms with Gasteiger partial charge in [-0.25, -0.2) is 9.67 Å². The number of hydrogen-bond donors (Lipinski definition) is 2. The lowest BCUT2D eigenvalue weighted by molar-refractivity contribution is 0.101. The molecule has 1 saturated carbocycles. The Morgan fingerprint density at radius 2 is 1.85 bits per heavy atom. The molecule has 2 N–H and O–H groups in total. The summed E-state index contributed by atoms with van der Waals surface area (Å²) in [5, 5.41) is 16.3. The second-order valence-corrected chi connectivity index (χ2v) is 6.44. The Morgan fingerprint density at radius 1 is 1.12 bits per heavy atom. The molecule has 26 heavy (non-hydrogen) atoms. The molecule has 0 saturated heterocycles. The van der Waals surface area contributed by atoms with Crippen molar-refractivity contribution in [3.8, 4) is 5.69 Å². The van der Waals surface area contributed by atoms with Crippen LogP contribution in [0.25, 0.3) is 5.69 Å². The number of anilines is 1. The van der Waals surface area contributed by atoms with Crippen molar-refractivity contribution in [3.63, 3.8) is 0 Å². The Morgan fingerprint density at radius 3 is 2.50 bits per heavy atom. The Hall–Kier alpha value is -2.99. The van der Waals surface area contributed by atoms with Crippen molar-refractivity contribution in [3.05, 3.63) is 71.8 Å². The lowest BCUT2D eigenvalue weighted by Gasteiger charge is -2.04. The fourth-order valence-corrected chi connectivity index (χ4v) is 2.86. The first-order valence-electron chi connectivity index (χ1n) is 8.78. The third kappa shape index (κ3) is 3.50. The fourth-order valence-electron chi connectivity index (χ4n) is 2.86. The average molecular weight is 348 g/mol. The molecule has 1 amide bonds. The Labute approximate surface area is 151 Å². The molecule has 0 radical (unpaired) electrons. The average Bonchev–Trinajstić information content (AvgIpc) is 3.42. The second kappa shape index (κ2) is 7.09. The molecule has 0 bridgehead atoms. The summed E-state index contributed by atoms with van der Waals surface area (Å²) < 4.78 is 1.77. The van der Waals surface area contributed by atoms with Crippen molar-refractivity contribution in [2.75, 3.05) is 11.9 Å². The first-order valence-corrected chi connectivity index (χ1v) is 8.78. The third-order valence-corrected chi connectivity index (χ3v) is 4.39. The molecule has 2 aromatic carbocycles. The van der Waals surface area contributed by atoms with Crippen LogP contribution < -0.4 is 5.32 Å². The van der Waals surface area contributed by atoms with Crippen LogP contribution in [0.1, 0.15) is 40.8 Å². The van der Waals surface area contributed by atoms with Crippen LogP contribution in [0.3, 0.4) is 0 Å². The van der Waals surface area contributed by atoms with Crippen molar-refractivity contribution in [2.24, 2.45) is 0 Å².